The molecule has 8 heteroatoms. The van der Waals surface area contributed by atoms with Crippen molar-refractivity contribution < 1.29 is 9.13 Å². The number of benzene rings is 1. The van der Waals surface area contributed by atoms with E-state index in [1.54, 1.807) is 25.4 Å². The van der Waals surface area contributed by atoms with Crippen LogP contribution in [0.2, 0.25) is 5.15 Å². The first-order chi connectivity index (χ1) is 13.7. The van der Waals surface area contributed by atoms with Gasteiger partial charge in [0.25, 0.3) is 0 Å². The molecule has 0 bridgehead atoms. The molecule has 0 spiro atoms. The van der Waals surface area contributed by atoms with Crippen LogP contribution in [0, 0.1) is 5.82 Å². The molecule has 0 radical (unpaired) electrons. The van der Waals surface area contributed by atoms with E-state index in [2.05, 4.69) is 20.6 Å². The Morgan fingerprint density at radius 2 is 2.00 bits per heavy atom. The predicted octanol–water partition coefficient (Wildman–Crippen LogP) is 2.62. The monoisotopic (exact) mass is 405 g/mol. The van der Waals surface area contributed by atoms with E-state index in [1.807, 2.05) is 23.1 Å². The summed E-state index contributed by atoms with van der Waals surface area (Å²) in [6.07, 6.45) is 2.56. The van der Waals surface area contributed by atoms with E-state index in [0.717, 1.165) is 17.5 Å². The van der Waals surface area contributed by atoms with E-state index in [1.165, 1.54) is 0 Å². The van der Waals surface area contributed by atoms with Crippen LogP contribution in [0.25, 0.3) is 0 Å². The summed E-state index contributed by atoms with van der Waals surface area (Å²) in [6.45, 7) is 3.89. The fourth-order valence-electron chi connectivity index (χ4n) is 3.01. The molecule has 1 aromatic carbocycles. The number of morpholine rings is 1. The number of anilines is 1. The molecule has 0 amide bonds. The Labute approximate surface area is 169 Å². The molecular formula is C20H25ClFN5O. The lowest BCUT2D eigenvalue weighted by atomic mass is 10.1. The predicted molar refractivity (Wildman–Crippen MR) is 111 cm³/mol. The highest BCUT2D eigenvalue weighted by Crippen LogP contribution is 2.21. The third kappa shape index (κ3) is 5.81. The van der Waals surface area contributed by atoms with Crippen LogP contribution in [-0.4, -0.2) is 50.8 Å². The van der Waals surface area contributed by atoms with E-state index in [-0.39, 0.29) is 5.82 Å². The van der Waals surface area contributed by atoms with E-state index in [0.29, 0.717) is 56.2 Å². The summed E-state index contributed by atoms with van der Waals surface area (Å²) in [5.41, 5.74) is 2.58. The zero-order valence-electron chi connectivity index (χ0n) is 15.9. The van der Waals surface area contributed by atoms with E-state index >= 15 is 0 Å². The molecular weight excluding hydrogens is 381 g/mol. The molecule has 6 nitrogen and oxygen atoms in total. The van der Waals surface area contributed by atoms with E-state index < -0.39 is 0 Å². The Balaban J connectivity index is 1.47. The fraction of sp³-hybridized carbons (Fsp3) is 0.400. The lowest BCUT2D eigenvalue weighted by Crippen LogP contribution is -2.38. The number of rotatable bonds is 6. The van der Waals surface area contributed by atoms with Gasteiger partial charge in [-0.25, -0.2) is 9.37 Å². The molecule has 1 aliphatic heterocycles. The molecule has 2 N–H and O–H groups in total. The van der Waals surface area contributed by atoms with Gasteiger partial charge in [0.15, 0.2) is 5.96 Å². The van der Waals surface area contributed by atoms with Crippen LogP contribution in [0.1, 0.15) is 11.1 Å². The second-order valence-electron chi connectivity index (χ2n) is 6.48. The van der Waals surface area contributed by atoms with Gasteiger partial charge in [-0.15, -0.1) is 0 Å². The SMILES string of the molecule is CN=C(NCCc1ccc(Cl)nc1)NCc1ccc(N2CCOCC2)c(F)c1. The summed E-state index contributed by atoms with van der Waals surface area (Å²) in [5.74, 6) is 0.457. The van der Waals surface area contributed by atoms with Gasteiger partial charge in [-0.2, -0.15) is 0 Å². The van der Waals surface area contributed by atoms with Crippen molar-refractivity contribution in [3.63, 3.8) is 0 Å². The minimum Gasteiger partial charge on any atom is -0.378 e. The second kappa shape index (κ2) is 10.2. The second-order valence-corrected chi connectivity index (χ2v) is 6.86. The fourth-order valence-corrected chi connectivity index (χ4v) is 3.12. The Bertz CT molecular complexity index is 794. The number of hydrogen-bond acceptors (Lipinski definition) is 4. The Kier molecular flexibility index (Phi) is 7.45. The highest BCUT2D eigenvalue weighted by molar-refractivity contribution is 6.29. The molecule has 1 aliphatic rings. The lowest BCUT2D eigenvalue weighted by molar-refractivity contribution is 0.122. The van der Waals surface area contributed by atoms with Crippen molar-refractivity contribution in [1.29, 1.82) is 0 Å². The van der Waals surface area contributed by atoms with Crippen LogP contribution in [0.3, 0.4) is 0 Å². The number of hydrogen-bond donors (Lipinski definition) is 2. The first-order valence-electron chi connectivity index (χ1n) is 9.32. The van der Waals surface area contributed by atoms with Crippen molar-refractivity contribution in [1.82, 2.24) is 15.6 Å². The average Bonchev–Trinajstić information content (AvgIpc) is 2.72. The molecule has 0 aliphatic carbocycles. The smallest absolute Gasteiger partial charge is 0.191 e. The summed E-state index contributed by atoms with van der Waals surface area (Å²) in [6, 6.07) is 9.07. The van der Waals surface area contributed by atoms with Crippen molar-refractivity contribution in [3.8, 4) is 0 Å². The molecule has 1 fully saturated rings. The summed E-state index contributed by atoms with van der Waals surface area (Å²) in [7, 11) is 1.71. The van der Waals surface area contributed by atoms with Gasteiger partial charge in [0.05, 0.1) is 18.9 Å². The van der Waals surface area contributed by atoms with Crippen LogP contribution in [-0.2, 0) is 17.7 Å². The van der Waals surface area contributed by atoms with Crippen molar-refractivity contribution in [2.75, 3.05) is 44.8 Å². The minimum atomic E-state index is -0.209. The Morgan fingerprint density at radius 1 is 1.21 bits per heavy atom. The lowest BCUT2D eigenvalue weighted by Gasteiger charge is -2.29. The molecule has 3 rings (SSSR count). The van der Waals surface area contributed by atoms with Gasteiger partial charge in [-0.05, 0) is 35.7 Å². The zero-order chi connectivity index (χ0) is 19.8. The normalized spacial score (nSPS) is 14.8. The van der Waals surface area contributed by atoms with Crippen molar-refractivity contribution in [2.45, 2.75) is 13.0 Å². The number of pyridine rings is 1. The van der Waals surface area contributed by atoms with Gasteiger partial charge in [0.2, 0.25) is 0 Å². The first-order valence-corrected chi connectivity index (χ1v) is 9.69. The highest BCUT2D eigenvalue weighted by atomic mass is 35.5. The van der Waals surface area contributed by atoms with Gasteiger partial charge < -0.3 is 20.3 Å². The summed E-state index contributed by atoms with van der Waals surface area (Å²) < 4.78 is 19.8. The number of guanidine groups is 1. The Morgan fingerprint density at radius 3 is 2.68 bits per heavy atom. The van der Waals surface area contributed by atoms with E-state index in [4.69, 9.17) is 16.3 Å². The third-order valence-corrected chi connectivity index (χ3v) is 4.77. The van der Waals surface area contributed by atoms with Gasteiger partial charge in [0, 0.05) is 39.4 Å². The molecule has 1 saturated heterocycles. The van der Waals surface area contributed by atoms with Crippen LogP contribution >= 0.6 is 11.6 Å². The maximum Gasteiger partial charge on any atom is 0.191 e. The van der Waals surface area contributed by atoms with Gasteiger partial charge in [0.1, 0.15) is 11.0 Å². The van der Waals surface area contributed by atoms with E-state index in [9.17, 15) is 4.39 Å². The van der Waals surface area contributed by atoms with Crippen molar-refractivity contribution in [3.05, 3.63) is 58.6 Å². The minimum absolute atomic E-state index is 0.209. The molecule has 1 aromatic heterocycles. The van der Waals surface area contributed by atoms with Crippen LogP contribution < -0.4 is 15.5 Å². The standard InChI is InChI=1S/C20H25ClFN5O/c1-23-20(24-7-6-15-3-5-19(21)25-13-15)26-14-16-2-4-18(17(22)12-16)27-8-10-28-11-9-27/h2-5,12-13H,6-11,14H2,1H3,(H2,23,24,26). The van der Waals surface area contributed by atoms with Crippen molar-refractivity contribution in [2.24, 2.45) is 4.99 Å². The van der Waals surface area contributed by atoms with Crippen LogP contribution in [0.4, 0.5) is 10.1 Å². The molecule has 2 aromatic rings. The molecule has 0 atom stereocenters. The molecule has 0 saturated carbocycles. The largest absolute Gasteiger partial charge is 0.378 e. The van der Waals surface area contributed by atoms with Crippen LogP contribution in [0.15, 0.2) is 41.5 Å². The number of ether oxygens (including phenoxy) is 1. The maximum atomic E-state index is 14.5. The highest BCUT2D eigenvalue weighted by Gasteiger charge is 2.15. The Hall–Kier alpha value is -2.38. The molecule has 2 heterocycles. The number of nitrogens with one attached hydrogen (secondary N) is 2. The number of aromatic nitrogens is 1. The number of nitrogens with zero attached hydrogens (tertiary/aromatic N) is 3. The van der Waals surface area contributed by atoms with Gasteiger partial charge in [-0.3, -0.25) is 4.99 Å². The molecule has 0 unspecified atom stereocenters. The van der Waals surface area contributed by atoms with Gasteiger partial charge in [-0.1, -0.05) is 23.7 Å². The maximum absolute atomic E-state index is 14.5. The molecule has 28 heavy (non-hydrogen) atoms. The third-order valence-electron chi connectivity index (χ3n) is 4.54. The summed E-state index contributed by atoms with van der Waals surface area (Å²) >= 11 is 5.79. The quantitative estimate of drug-likeness (QED) is 0.439. The summed E-state index contributed by atoms with van der Waals surface area (Å²) in [5, 5.41) is 6.94. The first kappa shape index (κ1) is 20.4. The topological polar surface area (TPSA) is 61.8 Å². The molecule has 150 valence electrons. The summed E-state index contributed by atoms with van der Waals surface area (Å²) in [4.78, 5) is 10.3. The van der Waals surface area contributed by atoms with Gasteiger partial charge >= 0.3 is 0 Å². The van der Waals surface area contributed by atoms with Crippen LogP contribution in [0.5, 0.6) is 0 Å². The zero-order valence-corrected chi connectivity index (χ0v) is 16.7. The number of halogens is 2. The van der Waals surface area contributed by atoms with Crippen molar-refractivity contribution >= 4 is 23.2 Å². The number of aliphatic imine (C=N–C) groups is 1. The average molecular weight is 406 g/mol.